The minimum absolute atomic E-state index is 0.112. The molecule has 2 heterocycles. The fourth-order valence-corrected chi connectivity index (χ4v) is 3.41. The molecule has 0 unspecified atom stereocenters. The Labute approximate surface area is 174 Å². The number of aryl methyl sites for hydroxylation is 4. The summed E-state index contributed by atoms with van der Waals surface area (Å²) < 4.78 is 11.2. The van der Waals surface area contributed by atoms with Crippen molar-refractivity contribution in [3.8, 4) is 11.8 Å². The molecule has 0 bridgehead atoms. The van der Waals surface area contributed by atoms with Gasteiger partial charge in [0, 0.05) is 28.5 Å². The first kappa shape index (κ1) is 19.6. The molecule has 7 nitrogen and oxygen atoms in total. The number of amides is 1. The van der Waals surface area contributed by atoms with Gasteiger partial charge in [-0.05, 0) is 63.1 Å². The molecule has 0 fully saturated rings. The number of carbonyl (C=O) groups is 1. The van der Waals surface area contributed by atoms with E-state index in [1.165, 1.54) is 0 Å². The van der Waals surface area contributed by atoms with Crippen LogP contribution in [0.2, 0.25) is 0 Å². The van der Waals surface area contributed by atoms with Crippen LogP contribution in [0.4, 0.5) is 5.69 Å². The maximum atomic E-state index is 12.6. The quantitative estimate of drug-likeness (QED) is 0.514. The summed E-state index contributed by atoms with van der Waals surface area (Å²) in [4.78, 5) is 21.1. The molecule has 0 atom stereocenters. The normalized spacial score (nSPS) is 10.9. The number of nitrogens with zero attached hydrogens (tertiary/aromatic N) is 3. The average Bonchev–Trinajstić information content (AvgIpc) is 3.04. The van der Waals surface area contributed by atoms with Crippen LogP contribution in [0.1, 0.15) is 28.2 Å². The highest BCUT2D eigenvalue weighted by Crippen LogP contribution is 2.25. The molecule has 0 aliphatic carbocycles. The van der Waals surface area contributed by atoms with Gasteiger partial charge in [-0.25, -0.2) is 9.97 Å². The van der Waals surface area contributed by atoms with Gasteiger partial charge in [0.1, 0.15) is 11.4 Å². The Bertz CT molecular complexity index is 1230. The van der Waals surface area contributed by atoms with Crippen molar-refractivity contribution in [2.45, 2.75) is 34.1 Å². The smallest absolute Gasteiger partial charge is 0.322 e. The highest BCUT2D eigenvalue weighted by Gasteiger charge is 2.15. The maximum Gasteiger partial charge on any atom is 0.322 e. The highest BCUT2D eigenvalue weighted by molar-refractivity contribution is 5.95. The van der Waals surface area contributed by atoms with E-state index in [0.717, 1.165) is 27.9 Å². The lowest BCUT2D eigenvalue weighted by Crippen LogP contribution is -2.14. The van der Waals surface area contributed by atoms with Crippen molar-refractivity contribution in [3.05, 3.63) is 70.7 Å². The van der Waals surface area contributed by atoms with Crippen molar-refractivity contribution in [1.82, 2.24) is 15.1 Å². The van der Waals surface area contributed by atoms with Crippen LogP contribution in [-0.4, -0.2) is 21.0 Å². The van der Waals surface area contributed by atoms with Crippen molar-refractivity contribution in [2.24, 2.45) is 0 Å². The molecule has 0 aliphatic heterocycles. The lowest BCUT2D eigenvalue weighted by molar-refractivity contribution is -0.115. The molecule has 0 spiro atoms. The van der Waals surface area contributed by atoms with Crippen LogP contribution in [0, 0.1) is 27.7 Å². The Morgan fingerprint density at radius 1 is 1.03 bits per heavy atom. The Morgan fingerprint density at radius 3 is 2.57 bits per heavy atom. The molecule has 1 amide bonds. The second kappa shape index (κ2) is 7.94. The molecule has 2 aromatic carbocycles. The largest absolute Gasteiger partial charge is 0.424 e. The molecule has 0 saturated heterocycles. The molecule has 1 N–H and O–H groups in total. The van der Waals surface area contributed by atoms with Gasteiger partial charge in [0.05, 0.1) is 6.42 Å². The summed E-state index contributed by atoms with van der Waals surface area (Å²) in [7, 11) is 0. The van der Waals surface area contributed by atoms with Crippen LogP contribution < -0.4 is 10.1 Å². The van der Waals surface area contributed by atoms with E-state index < -0.39 is 0 Å². The molecule has 7 heteroatoms. The number of hydrogen-bond acceptors (Lipinski definition) is 6. The Kier molecular flexibility index (Phi) is 5.18. The van der Waals surface area contributed by atoms with E-state index in [1.54, 1.807) is 24.3 Å². The predicted octanol–water partition coefficient (Wildman–Crippen LogP) is 4.82. The van der Waals surface area contributed by atoms with Gasteiger partial charge in [-0.2, -0.15) is 0 Å². The van der Waals surface area contributed by atoms with Crippen LogP contribution in [0.3, 0.4) is 0 Å². The molecule has 2 aromatic heterocycles. The summed E-state index contributed by atoms with van der Waals surface area (Å²) in [5, 5.41) is 7.84. The molecular weight excluding hydrogens is 380 g/mol. The van der Waals surface area contributed by atoms with Gasteiger partial charge in [0.2, 0.25) is 5.91 Å². The van der Waals surface area contributed by atoms with E-state index in [2.05, 4.69) is 20.4 Å². The van der Waals surface area contributed by atoms with Crippen molar-refractivity contribution in [2.75, 3.05) is 5.32 Å². The fourth-order valence-electron chi connectivity index (χ4n) is 3.41. The van der Waals surface area contributed by atoms with Crippen LogP contribution in [0.25, 0.3) is 11.0 Å². The summed E-state index contributed by atoms with van der Waals surface area (Å²) >= 11 is 0. The summed E-state index contributed by atoms with van der Waals surface area (Å²) in [5.74, 6) is 0.347. The predicted molar refractivity (Wildman–Crippen MR) is 114 cm³/mol. The van der Waals surface area contributed by atoms with Gasteiger partial charge in [0.25, 0.3) is 0 Å². The standard InChI is InChI=1S/C23H22N4O3/c1-13-8-14(2)22-19(9-13)20(27-30-22)12-21(28)26-17-6-5-7-18(11-17)29-23-24-15(3)10-16(4)25-23/h5-11H,12H2,1-4H3,(H,26,28). The van der Waals surface area contributed by atoms with Crippen molar-refractivity contribution >= 4 is 22.6 Å². The lowest BCUT2D eigenvalue weighted by atomic mass is 10.1. The zero-order valence-corrected chi connectivity index (χ0v) is 17.3. The molecule has 0 aliphatic rings. The van der Waals surface area contributed by atoms with Gasteiger partial charge >= 0.3 is 6.01 Å². The minimum Gasteiger partial charge on any atom is -0.424 e. The van der Waals surface area contributed by atoms with E-state index >= 15 is 0 Å². The summed E-state index contributed by atoms with van der Waals surface area (Å²) in [6, 6.07) is 13.3. The average molecular weight is 402 g/mol. The molecule has 4 aromatic rings. The minimum atomic E-state index is -0.191. The van der Waals surface area contributed by atoms with Crippen LogP contribution in [0.15, 0.2) is 47.0 Å². The number of anilines is 1. The van der Waals surface area contributed by atoms with E-state index in [9.17, 15) is 4.79 Å². The summed E-state index contributed by atoms with van der Waals surface area (Å²) in [6.07, 6.45) is 0.112. The number of hydrogen-bond donors (Lipinski definition) is 1. The Hall–Kier alpha value is -3.74. The highest BCUT2D eigenvalue weighted by atomic mass is 16.5. The number of carbonyl (C=O) groups excluding carboxylic acids is 1. The first-order valence-corrected chi connectivity index (χ1v) is 9.63. The molecule has 152 valence electrons. The van der Waals surface area contributed by atoms with Crippen molar-refractivity contribution < 1.29 is 14.1 Å². The summed E-state index contributed by atoms with van der Waals surface area (Å²) in [6.45, 7) is 7.74. The van der Waals surface area contributed by atoms with E-state index in [1.807, 2.05) is 45.9 Å². The van der Waals surface area contributed by atoms with Gasteiger partial charge in [-0.15, -0.1) is 0 Å². The van der Waals surface area contributed by atoms with Crippen LogP contribution >= 0.6 is 0 Å². The third kappa shape index (κ3) is 4.30. The lowest BCUT2D eigenvalue weighted by Gasteiger charge is -2.08. The molecular formula is C23H22N4O3. The Morgan fingerprint density at radius 2 is 1.80 bits per heavy atom. The van der Waals surface area contributed by atoms with Crippen molar-refractivity contribution in [3.63, 3.8) is 0 Å². The second-order valence-electron chi connectivity index (χ2n) is 7.38. The first-order chi connectivity index (χ1) is 14.4. The van der Waals surface area contributed by atoms with Crippen LogP contribution in [-0.2, 0) is 11.2 Å². The number of nitrogens with one attached hydrogen (secondary N) is 1. The van der Waals surface area contributed by atoms with Crippen molar-refractivity contribution in [1.29, 1.82) is 0 Å². The van der Waals surface area contributed by atoms with Crippen LogP contribution in [0.5, 0.6) is 11.8 Å². The van der Waals surface area contributed by atoms with E-state index in [-0.39, 0.29) is 18.3 Å². The monoisotopic (exact) mass is 402 g/mol. The zero-order chi connectivity index (χ0) is 21.3. The molecule has 0 saturated carbocycles. The third-order valence-electron chi connectivity index (χ3n) is 4.59. The van der Waals surface area contributed by atoms with Gasteiger partial charge in [-0.3, -0.25) is 4.79 Å². The number of ether oxygens (including phenoxy) is 1. The molecule has 4 rings (SSSR count). The number of rotatable bonds is 5. The van der Waals surface area contributed by atoms with E-state index in [0.29, 0.717) is 22.7 Å². The third-order valence-corrected chi connectivity index (χ3v) is 4.59. The van der Waals surface area contributed by atoms with E-state index in [4.69, 9.17) is 9.26 Å². The fraction of sp³-hybridized carbons (Fsp3) is 0.217. The maximum absolute atomic E-state index is 12.6. The van der Waals surface area contributed by atoms with Gasteiger partial charge in [0.15, 0.2) is 5.58 Å². The molecule has 30 heavy (non-hydrogen) atoms. The topological polar surface area (TPSA) is 90.1 Å². The first-order valence-electron chi connectivity index (χ1n) is 9.63. The van der Waals surface area contributed by atoms with Gasteiger partial charge in [-0.1, -0.05) is 17.3 Å². The second-order valence-corrected chi connectivity index (χ2v) is 7.38. The molecule has 0 radical (unpaired) electrons. The summed E-state index contributed by atoms with van der Waals surface area (Å²) in [5.41, 5.74) is 5.70. The SMILES string of the molecule is Cc1cc(C)c2onc(CC(=O)Nc3cccc(Oc4nc(C)cc(C)n4)c3)c2c1. The van der Waals surface area contributed by atoms with Gasteiger partial charge < -0.3 is 14.6 Å². The Balaban J connectivity index is 1.48. The number of fused-ring (bicyclic) bond motifs is 1. The number of benzene rings is 2. The number of aromatic nitrogens is 3. The zero-order valence-electron chi connectivity index (χ0n) is 17.3.